The Bertz CT molecular complexity index is 556. The highest BCUT2D eigenvalue weighted by Crippen LogP contribution is 2.50. The van der Waals surface area contributed by atoms with Crippen LogP contribution < -0.4 is 5.73 Å². The number of aromatic nitrogens is 2. The lowest BCUT2D eigenvalue weighted by molar-refractivity contribution is 0.547. The predicted octanol–water partition coefficient (Wildman–Crippen LogP) is 2.39. The van der Waals surface area contributed by atoms with E-state index < -0.39 is 0 Å². The number of hydrogen-bond donors (Lipinski definition) is 1. The van der Waals surface area contributed by atoms with Crippen molar-refractivity contribution < 1.29 is 4.39 Å². The predicted molar refractivity (Wildman–Crippen MR) is 68.1 cm³/mol. The summed E-state index contributed by atoms with van der Waals surface area (Å²) < 4.78 is 15.8. The third kappa shape index (κ3) is 1.64. The topological polar surface area (TPSA) is 43.8 Å². The molecular weight excluding hydrogens is 229 g/mol. The normalized spacial score (nSPS) is 18.6. The lowest BCUT2D eigenvalue weighted by atomic mass is 9.89. The van der Waals surface area contributed by atoms with Crippen LogP contribution in [0.15, 0.2) is 36.9 Å². The van der Waals surface area contributed by atoms with Crippen LogP contribution in [0.2, 0.25) is 0 Å². The number of rotatable bonds is 3. The van der Waals surface area contributed by atoms with Crippen molar-refractivity contribution in [2.75, 3.05) is 0 Å². The average Bonchev–Trinajstić information content (AvgIpc) is 2.99. The largest absolute Gasteiger partial charge is 0.327 e. The molecule has 0 spiro atoms. The zero-order chi connectivity index (χ0) is 12.8. The molecule has 1 saturated carbocycles. The van der Waals surface area contributed by atoms with E-state index in [9.17, 15) is 4.39 Å². The van der Waals surface area contributed by atoms with Crippen molar-refractivity contribution in [1.82, 2.24) is 9.55 Å². The fraction of sp³-hybridized carbons (Fsp3) is 0.357. The van der Waals surface area contributed by atoms with Gasteiger partial charge in [0.2, 0.25) is 0 Å². The van der Waals surface area contributed by atoms with Crippen LogP contribution in [-0.2, 0) is 5.41 Å². The van der Waals surface area contributed by atoms with Gasteiger partial charge in [0.15, 0.2) is 0 Å². The second-order valence-corrected chi connectivity index (χ2v) is 5.08. The summed E-state index contributed by atoms with van der Waals surface area (Å²) in [4.78, 5) is 3.93. The highest BCUT2D eigenvalue weighted by molar-refractivity contribution is 5.42. The van der Waals surface area contributed by atoms with Crippen LogP contribution in [0.5, 0.6) is 0 Å². The lowest BCUT2D eigenvalue weighted by Gasteiger charge is -2.20. The Labute approximate surface area is 105 Å². The minimum atomic E-state index is -0.225. The molecule has 94 valence electrons. The molecule has 1 aliphatic rings. The number of benzene rings is 1. The second kappa shape index (κ2) is 3.92. The smallest absolute Gasteiger partial charge is 0.147 e. The first-order valence-corrected chi connectivity index (χ1v) is 6.17. The fourth-order valence-corrected chi connectivity index (χ4v) is 2.57. The van der Waals surface area contributed by atoms with Gasteiger partial charge in [-0.25, -0.2) is 9.37 Å². The van der Waals surface area contributed by atoms with E-state index in [0.29, 0.717) is 5.69 Å². The Morgan fingerprint density at radius 3 is 2.72 bits per heavy atom. The van der Waals surface area contributed by atoms with E-state index >= 15 is 0 Å². The average molecular weight is 245 g/mol. The van der Waals surface area contributed by atoms with Crippen molar-refractivity contribution >= 4 is 0 Å². The minimum absolute atomic E-state index is 0.00565. The first-order valence-electron chi connectivity index (χ1n) is 6.17. The molecular formula is C14H16FN3. The Hall–Kier alpha value is -1.68. The molecule has 3 nitrogen and oxygen atoms in total. The van der Waals surface area contributed by atoms with Gasteiger partial charge in [0.1, 0.15) is 5.82 Å². The van der Waals surface area contributed by atoms with Gasteiger partial charge in [0, 0.05) is 23.9 Å². The van der Waals surface area contributed by atoms with Gasteiger partial charge in [-0.2, -0.15) is 0 Å². The zero-order valence-electron chi connectivity index (χ0n) is 10.3. The standard InChI is InChI=1S/C14H16FN3/c1-10(16)14(4-5-14)11-2-3-13(12(15)8-11)18-7-6-17-9-18/h2-3,6-10H,4-5,16H2,1H3. The number of nitrogens with two attached hydrogens (primary N) is 1. The van der Waals surface area contributed by atoms with E-state index in [1.165, 1.54) is 0 Å². The molecule has 0 saturated heterocycles. The first kappa shape index (κ1) is 11.4. The third-order valence-corrected chi connectivity index (χ3v) is 3.97. The van der Waals surface area contributed by atoms with Gasteiger partial charge in [0.25, 0.3) is 0 Å². The second-order valence-electron chi connectivity index (χ2n) is 5.08. The minimum Gasteiger partial charge on any atom is -0.327 e. The Morgan fingerprint density at radius 1 is 1.44 bits per heavy atom. The van der Waals surface area contributed by atoms with Crippen molar-refractivity contribution in [3.05, 3.63) is 48.3 Å². The van der Waals surface area contributed by atoms with Gasteiger partial charge in [-0.3, -0.25) is 0 Å². The molecule has 2 N–H and O–H groups in total. The van der Waals surface area contributed by atoms with Crippen LogP contribution >= 0.6 is 0 Å². The van der Waals surface area contributed by atoms with Gasteiger partial charge in [-0.05, 0) is 37.5 Å². The molecule has 0 aliphatic heterocycles. The fourth-order valence-electron chi connectivity index (χ4n) is 2.57. The molecule has 1 atom stereocenters. The number of nitrogens with zero attached hydrogens (tertiary/aromatic N) is 2. The van der Waals surface area contributed by atoms with Gasteiger partial charge < -0.3 is 10.3 Å². The molecule has 1 heterocycles. The summed E-state index contributed by atoms with van der Waals surface area (Å²) in [5, 5.41) is 0. The quantitative estimate of drug-likeness (QED) is 0.902. The molecule has 1 unspecified atom stereocenters. The number of imidazole rings is 1. The van der Waals surface area contributed by atoms with E-state index in [2.05, 4.69) is 4.98 Å². The molecule has 0 bridgehead atoms. The van der Waals surface area contributed by atoms with Gasteiger partial charge in [-0.1, -0.05) is 6.07 Å². The van der Waals surface area contributed by atoms with Crippen LogP contribution in [0.1, 0.15) is 25.3 Å². The molecule has 4 heteroatoms. The summed E-state index contributed by atoms with van der Waals surface area (Å²) in [7, 11) is 0. The monoisotopic (exact) mass is 245 g/mol. The van der Waals surface area contributed by atoms with E-state index in [4.69, 9.17) is 5.73 Å². The molecule has 0 radical (unpaired) electrons. The number of hydrogen-bond acceptors (Lipinski definition) is 2. The van der Waals surface area contributed by atoms with Crippen LogP contribution in [0, 0.1) is 5.82 Å². The van der Waals surface area contributed by atoms with Crippen molar-refractivity contribution in [3.63, 3.8) is 0 Å². The van der Waals surface area contributed by atoms with Crippen molar-refractivity contribution in [2.45, 2.75) is 31.2 Å². The summed E-state index contributed by atoms with van der Waals surface area (Å²) in [5.41, 5.74) is 7.54. The van der Waals surface area contributed by atoms with Crippen LogP contribution in [-0.4, -0.2) is 15.6 Å². The Morgan fingerprint density at radius 2 is 2.22 bits per heavy atom. The molecule has 1 aromatic heterocycles. The highest BCUT2D eigenvalue weighted by Gasteiger charge is 2.47. The van der Waals surface area contributed by atoms with Gasteiger partial charge >= 0.3 is 0 Å². The molecule has 3 rings (SSSR count). The number of halogens is 1. The SMILES string of the molecule is CC(N)C1(c2ccc(-n3ccnc3)c(F)c2)CC1. The molecule has 0 amide bonds. The maximum atomic E-state index is 14.1. The van der Waals surface area contributed by atoms with E-state index in [1.54, 1.807) is 35.4 Å². The summed E-state index contributed by atoms with van der Waals surface area (Å²) >= 11 is 0. The molecule has 1 aliphatic carbocycles. The summed E-state index contributed by atoms with van der Waals surface area (Å²) in [5.74, 6) is -0.225. The Kier molecular flexibility index (Phi) is 2.48. The highest BCUT2D eigenvalue weighted by atomic mass is 19.1. The molecule has 18 heavy (non-hydrogen) atoms. The maximum Gasteiger partial charge on any atom is 0.147 e. The first-order chi connectivity index (χ1) is 8.63. The van der Waals surface area contributed by atoms with E-state index in [-0.39, 0.29) is 17.3 Å². The van der Waals surface area contributed by atoms with Crippen LogP contribution in [0.3, 0.4) is 0 Å². The molecule has 1 aromatic carbocycles. The molecule has 1 fully saturated rings. The lowest BCUT2D eigenvalue weighted by Crippen LogP contribution is -2.31. The van der Waals surface area contributed by atoms with Crippen molar-refractivity contribution in [3.8, 4) is 5.69 Å². The maximum absolute atomic E-state index is 14.1. The van der Waals surface area contributed by atoms with E-state index in [0.717, 1.165) is 18.4 Å². The van der Waals surface area contributed by atoms with Gasteiger partial charge in [-0.15, -0.1) is 0 Å². The molecule has 2 aromatic rings. The third-order valence-electron chi connectivity index (χ3n) is 3.97. The van der Waals surface area contributed by atoms with Crippen LogP contribution in [0.4, 0.5) is 4.39 Å². The van der Waals surface area contributed by atoms with E-state index in [1.807, 2.05) is 13.0 Å². The van der Waals surface area contributed by atoms with Gasteiger partial charge in [0.05, 0.1) is 12.0 Å². The van der Waals surface area contributed by atoms with Crippen molar-refractivity contribution in [2.24, 2.45) is 5.73 Å². The zero-order valence-corrected chi connectivity index (χ0v) is 10.3. The van der Waals surface area contributed by atoms with Crippen molar-refractivity contribution in [1.29, 1.82) is 0 Å². The summed E-state index contributed by atoms with van der Waals surface area (Å²) in [6.45, 7) is 1.99. The Balaban J connectivity index is 2.00. The summed E-state index contributed by atoms with van der Waals surface area (Å²) in [6, 6.07) is 5.46. The van der Waals surface area contributed by atoms with Crippen LogP contribution in [0.25, 0.3) is 5.69 Å². The summed E-state index contributed by atoms with van der Waals surface area (Å²) in [6.07, 6.45) is 7.06.